The van der Waals surface area contributed by atoms with Crippen LogP contribution in [0.3, 0.4) is 0 Å². The van der Waals surface area contributed by atoms with Gasteiger partial charge in [-0.3, -0.25) is 4.79 Å². The molecule has 0 spiro atoms. The van der Waals surface area contributed by atoms with Crippen LogP contribution >= 0.6 is 12.6 Å². The van der Waals surface area contributed by atoms with Crippen molar-refractivity contribution in [1.82, 2.24) is 4.90 Å². The lowest BCUT2D eigenvalue weighted by Crippen LogP contribution is -2.42. The fourth-order valence-corrected chi connectivity index (χ4v) is 3.48. The van der Waals surface area contributed by atoms with Crippen molar-refractivity contribution in [3.63, 3.8) is 0 Å². The van der Waals surface area contributed by atoms with E-state index in [0.717, 1.165) is 18.7 Å². The molecule has 0 aromatic heterocycles. The van der Waals surface area contributed by atoms with Crippen LogP contribution in [0.2, 0.25) is 0 Å². The van der Waals surface area contributed by atoms with E-state index < -0.39 is 0 Å². The molecule has 0 atom stereocenters. The highest BCUT2D eigenvalue weighted by atomic mass is 32.1. The van der Waals surface area contributed by atoms with Crippen LogP contribution < -0.4 is 0 Å². The first-order valence-corrected chi connectivity index (χ1v) is 8.10. The van der Waals surface area contributed by atoms with Crippen LogP contribution in [0.1, 0.15) is 58.8 Å². The van der Waals surface area contributed by atoms with Gasteiger partial charge in [0.1, 0.15) is 0 Å². The summed E-state index contributed by atoms with van der Waals surface area (Å²) < 4.78 is 0. The smallest absolute Gasteiger partial charge is 0.223 e. The molecular formula is C15H27NOS. The highest BCUT2D eigenvalue weighted by Gasteiger charge is 2.44. The summed E-state index contributed by atoms with van der Waals surface area (Å²) in [6.45, 7) is 5.35. The molecule has 0 saturated heterocycles. The first-order valence-electron chi connectivity index (χ1n) is 7.47. The molecule has 0 aromatic carbocycles. The van der Waals surface area contributed by atoms with E-state index in [1.165, 1.54) is 38.5 Å². The summed E-state index contributed by atoms with van der Waals surface area (Å²) in [5.74, 6) is 1.83. The molecule has 2 nitrogen and oxygen atoms in total. The Morgan fingerprint density at radius 3 is 2.39 bits per heavy atom. The first-order chi connectivity index (χ1) is 8.56. The van der Waals surface area contributed by atoms with Gasteiger partial charge < -0.3 is 4.90 Å². The van der Waals surface area contributed by atoms with E-state index in [9.17, 15) is 4.79 Å². The van der Waals surface area contributed by atoms with Gasteiger partial charge in [0, 0.05) is 19.0 Å². The lowest BCUT2D eigenvalue weighted by atomic mass is 10.0. The predicted molar refractivity (Wildman–Crippen MR) is 78.9 cm³/mol. The predicted octanol–water partition coefficient (Wildman–Crippen LogP) is 3.51. The van der Waals surface area contributed by atoms with E-state index >= 15 is 0 Å². The Kier molecular flexibility index (Phi) is 4.63. The van der Waals surface area contributed by atoms with E-state index in [4.69, 9.17) is 0 Å². The van der Waals surface area contributed by atoms with Crippen molar-refractivity contribution in [2.45, 2.75) is 64.8 Å². The van der Waals surface area contributed by atoms with Gasteiger partial charge in [0.05, 0.1) is 0 Å². The van der Waals surface area contributed by atoms with E-state index in [0.29, 0.717) is 17.9 Å². The Hall–Kier alpha value is -0.180. The van der Waals surface area contributed by atoms with Crippen LogP contribution in [0.5, 0.6) is 0 Å². The number of hydrogen-bond donors (Lipinski definition) is 1. The second-order valence-corrected chi connectivity index (χ2v) is 7.03. The topological polar surface area (TPSA) is 20.3 Å². The summed E-state index contributed by atoms with van der Waals surface area (Å²) in [4.78, 5) is 14.8. The Morgan fingerprint density at radius 1 is 1.33 bits per heavy atom. The standard InChI is InChI=1S/C15H27NOS/c1-12(2)10-16(13-5-3-4-6-13)14(17)9-15(11-18)7-8-15/h12-13,18H,3-11H2,1-2H3. The molecule has 0 heterocycles. The number of nitrogens with zero attached hydrogens (tertiary/aromatic N) is 1. The average Bonchev–Trinajstić information content (AvgIpc) is 2.90. The van der Waals surface area contributed by atoms with E-state index in [1.807, 2.05) is 0 Å². The average molecular weight is 269 g/mol. The molecule has 0 unspecified atom stereocenters. The molecule has 0 bridgehead atoms. The van der Waals surface area contributed by atoms with Crippen molar-refractivity contribution in [2.24, 2.45) is 11.3 Å². The van der Waals surface area contributed by atoms with E-state index in [-0.39, 0.29) is 5.41 Å². The second kappa shape index (κ2) is 5.85. The van der Waals surface area contributed by atoms with Gasteiger partial charge in [-0.1, -0.05) is 26.7 Å². The van der Waals surface area contributed by atoms with Crippen molar-refractivity contribution >= 4 is 18.5 Å². The Balaban J connectivity index is 1.96. The third kappa shape index (κ3) is 3.43. The number of carbonyl (C=O) groups excluding carboxylic acids is 1. The summed E-state index contributed by atoms with van der Waals surface area (Å²) in [5, 5.41) is 0. The molecule has 2 rings (SSSR count). The van der Waals surface area contributed by atoms with Crippen molar-refractivity contribution < 1.29 is 4.79 Å². The number of thiol groups is 1. The summed E-state index contributed by atoms with van der Waals surface area (Å²) in [6, 6.07) is 0.524. The lowest BCUT2D eigenvalue weighted by molar-refractivity contribution is -0.135. The summed E-state index contributed by atoms with van der Waals surface area (Å²) in [7, 11) is 0. The molecule has 2 aliphatic carbocycles. The molecule has 2 saturated carbocycles. The molecule has 1 amide bonds. The van der Waals surface area contributed by atoms with Crippen LogP contribution in [0.15, 0.2) is 0 Å². The van der Waals surface area contributed by atoms with Crippen LogP contribution in [-0.4, -0.2) is 29.1 Å². The maximum absolute atomic E-state index is 12.6. The molecule has 18 heavy (non-hydrogen) atoms. The van der Waals surface area contributed by atoms with Crippen molar-refractivity contribution in [3.05, 3.63) is 0 Å². The summed E-state index contributed by atoms with van der Waals surface area (Å²) >= 11 is 4.42. The number of amides is 1. The zero-order chi connectivity index (χ0) is 13.2. The third-order valence-electron chi connectivity index (χ3n) is 4.47. The highest BCUT2D eigenvalue weighted by molar-refractivity contribution is 7.80. The lowest BCUT2D eigenvalue weighted by Gasteiger charge is -2.32. The minimum Gasteiger partial charge on any atom is -0.339 e. The Labute approximate surface area is 117 Å². The first kappa shape index (κ1) is 14.2. The molecule has 2 aliphatic rings. The SMILES string of the molecule is CC(C)CN(C(=O)CC1(CS)CC1)C1CCCC1. The largest absolute Gasteiger partial charge is 0.339 e. The van der Waals surface area contributed by atoms with Crippen molar-refractivity contribution in [1.29, 1.82) is 0 Å². The van der Waals surface area contributed by atoms with Gasteiger partial charge in [0.15, 0.2) is 0 Å². The van der Waals surface area contributed by atoms with Gasteiger partial charge in [0.25, 0.3) is 0 Å². The molecule has 0 N–H and O–H groups in total. The maximum Gasteiger partial charge on any atom is 0.223 e. The third-order valence-corrected chi connectivity index (χ3v) is 5.14. The number of carbonyl (C=O) groups is 1. The molecule has 0 radical (unpaired) electrons. The molecule has 3 heteroatoms. The van der Waals surface area contributed by atoms with Crippen LogP contribution in [0.25, 0.3) is 0 Å². The van der Waals surface area contributed by atoms with Gasteiger partial charge in [-0.05, 0) is 42.8 Å². The van der Waals surface area contributed by atoms with Gasteiger partial charge in [-0.15, -0.1) is 0 Å². The van der Waals surface area contributed by atoms with Gasteiger partial charge in [-0.25, -0.2) is 0 Å². The molecule has 104 valence electrons. The summed E-state index contributed by atoms with van der Waals surface area (Å²) in [6.07, 6.45) is 8.15. The van der Waals surface area contributed by atoms with Crippen molar-refractivity contribution in [3.8, 4) is 0 Å². The zero-order valence-corrected chi connectivity index (χ0v) is 12.7. The van der Waals surface area contributed by atoms with Gasteiger partial charge in [0.2, 0.25) is 5.91 Å². The molecule has 0 aromatic rings. The molecular weight excluding hydrogens is 242 g/mol. The second-order valence-electron chi connectivity index (χ2n) is 6.71. The molecule has 2 fully saturated rings. The van der Waals surface area contributed by atoms with E-state index in [2.05, 4.69) is 31.4 Å². The van der Waals surface area contributed by atoms with Gasteiger partial charge in [-0.2, -0.15) is 12.6 Å². The fraction of sp³-hybridized carbons (Fsp3) is 0.933. The number of hydrogen-bond acceptors (Lipinski definition) is 2. The van der Waals surface area contributed by atoms with Gasteiger partial charge >= 0.3 is 0 Å². The Bertz CT molecular complexity index is 293. The zero-order valence-electron chi connectivity index (χ0n) is 11.8. The quantitative estimate of drug-likeness (QED) is 0.732. The summed E-state index contributed by atoms with van der Waals surface area (Å²) in [5.41, 5.74) is 0.258. The van der Waals surface area contributed by atoms with Crippen molar-refractivity contribution in [2.75, 3.05) is 12.3 Å². The minimum absolute atomic E-state index is 0.258. The number of rotatable bonds is 6. The van der Waals surface area contributed by atoms with Crippen LogP contribution in [0.4, 0.5) is 0 Å². The van der Waals surface area contributed by atoms with Crippen LogP contribution in [-0.2, 0) is 4.79 Å². The maximum atomic E-state index is 12.6. The monoisotopic (exact) mass is 269 g/mol. The highest BCUT2D eigenvalue weighted by Crippen LogP contribution is 2.50. The van der Waals surface area contributed by atoms with Crippen LogP contribution in [0, 0.1) is 11.3 Å². The van der Waals surface area contributed by atoms with E-state index in [1.54, 1.807) is 0 Å². The normalized spacial score (nSPS) is 22.4. The fourth-order valence-electron chi connectivity index (χ4n) is 3.05. The minimum atomic E-state index is 0.258. The molecule has 0 aliphatic heterocycles. The Morgan fingerprint density at radius 2 is 1.94 bits per heavy atom.